The quantitative estimate of drug-likeness (QED) is 0.895. The molecule has 2 atom stereocenters. The van der Waals surface area contributed by atoms with Gasteiger partial charge in [0.2, 0.25) is 0 Å². The van der Waals surface area contributed by atoms with Crippen LogP contribution in [0.2, 0.25) is 0 Å². The minimum absolute atomic E-state index is 0.0136. The van der Waals surface area contributed by atoms with E-state index >= 15 is 0 Å². The molecule has 7 heteroatoms. The lowest BCUT2D eigenvalue weighted by Gasteiger charge is -2.26. The van der Waals surface area contributed by atoms with Crippen molar-refractivity contribution < 1.29 is 28.2 Å². The summed E-state index contributed by atoms with van der Waals surface area (Å²) < 4.78 is 32.5. The molecule has 0 unspecified atom stereocenters. The van der Waals surface area contributed by atoms with Crippen LogP contribution in [0.15, 0.2) is 18.2 Å². The molecule has 1 aromatic carbocycles. The number of carboxylic acid groups (broad SMARTS) is 1. The number of amides is 1. The number of carbonyl (C=O) groups excluding carboxylic acids is 1. The van der Waals surface area contributed by atoms with Gasteiger partial charge in [-0.15, -0.1) is 0 Å². The number of hydrogen-bond donors (Lipinski definition) is 1. The Labute approximate surface area is 139 Å². The Balaban J connectivity index is 2.36. The molecule has 0 saturated carbocycles. The summed E-state index contributed by atoms with van der Waals surface area (Å²) in [5, 5.41) is 9.61. The standard InChI is InChI=1S/C17H21F2NO4/c1-16(2,3)24-15(23)20-8-12(17(4,9-20)14(21)22)11-6-5-10(18)7-13(11)19/h5-7,12H,8-9H2,1-4H3,(H,21,22)/t12-,17+/m0/s1. The molecule has 0 bridgehead atoms. The number of rotatable bonds is 2. The first-order valence-electron chi connectivity index (χ1n) is 7.60. The van der Waals surface area contributed by atoms with Gasteiger partial charge in [-0.25, -0.2) is 13.6 Å². The lowest BCUT2D eigenvalue weighted by atomic mass is 9.76. The van der Waals surface area contributed by atoms with E-state index in [9.17, 15) is 23.5 Å². The van der Waals surface area contributed by atoms with Crippen LogP contribution in [0.25, 0.3) is 0 Å². The van der Waals surface area contributed by atoms with E-state index in [1.54, 1.807) is 20.8 Å². The SMILES string of the molecule is CC(C)(C)OC(=O)N1C[C@@H](c2ccc(F)cc2F)[C@](C)(C(=O)O)C1. The summed E-state index contributed by atoms with van der Waals surface area (Å²) in [7, 11) is 0. The average Bonchev–Trinajstić information content (AvgIpc) is 2.76. The molecule has 1 aliphatic heterocycles. The third-order valence-electron chi connectivity index (χ3n) is 4.17. The van der Waals surface area contributed by atoms with E-state index in [-0.39, 0.29) is 18.7 Å². The summed E-state index contributed by atoms with van der Waals surface area (Å²) in [6.45, 7) is 6.43. The Morgan fingerprint density at radius 3 is 2.46 bits per heavy atom. The molecular formula is C17H21F2NO4. The van der Waals surface area contributed by atoms with Crippen LogP contribution in [0.4, 0.5) is 13.6 Å². The summed E-state index contributed by atoms with van der Waals surface area (Å²) in [6, 6.07) is 3.03. The van der Waals surface area contributed by atoms with Crippen molar-refractivity contribution in [3.05, 3.63) is 35.4 Å². The van der Waals surface area contributed by atoms with E-state index in [1.807, 2.05) is 0 Å². The monoisotopic (exact) mass is 341 g/mol. The molecule has 5 nitrogen and oxygen atoms in total. The zero-order valence-corrected chi connectivity index (χ0v) is 14.1. The molecule has 1 heterocycles. The minimum Gasteiger partial charge on any atom is -0.481 e. The number of benzene rings is 1. The number of carbonyl (C=O) groups is 2. The van der Waals surface area contributed by atoms with Gasteiger partial charge in [0.05, 0.1) is 5.41 Å². The zero-order chi connectivity index (χ0) is 18.3. The Morgan fingerprint density at radius 2 is 1.96 bits per heavy atom. The third-order valence-corrected chi connectivity index (χ3v) is 4.17. The van der Waals surface area contributed by atoms with Gasteiger partial charge in [0.15, 0.2) is 0 Å². The number of ether oxygens (including phenoxy) is 1. The molecule has 2 rings (SSSR count). The molecular weight excluding hydrogens is 320 g/mol. The Hall–Kier alpha value is -2.18. The molecule has 132 valence electrons. The summed E-state index contributed by atoms with van der Waals surface area (Å²) in [4.78, 5) is 25.3. The topological polar surface area (TPSA) is 66.8 Å². The first kappa shape index (κ1) is 18.2. The molecule has 1 saturated heterocycles. The number of carboxylic acids is 1. The molecule has 0 aliphatic carbocycles. The van der Waals surface area contributed by atoms with Crippen molar-refractivity contribution >= 4 is 12.1 Å². The van der Waals surface area contributed by atoms with Crippen LogP contribution < -0.4 is 0 Å². The van der Waals surface area contributed by atoms with Crippen molar-refractivity contribution in [3.8, 4) is 0 Å². The van der Waals surface area contributed by atoms with Crippen LogP contribution in [0.3, 0.4) is 0 Å². The minimum atomic E-state index is -1.39. The van der Waals surface area contributed by atoms with Crippen LogP contribution in [0.5, 0.6) is 0 Å². The van der Waals surface area contributed by atoms with Gasteiger partial charge < -0.3 is 14.7 Å². The maximum atomic E-state index is 14.1. The lowest BCUT2D eigenvalue weighted by molar-refractivity contribution is -0.147. The number of aliphatic carboxylic acids is 1. The highest BCUT2D eigenvalue weighted by Crippen LogP contribution is 2.44. The van der Waals surface area contributed by atoms with E-state index in [0.717, 1.165) is 6.07 Å². The highest BCUT2D eigenvalue weighted by atomic mass is 19.1. The van der Waals surface area contributed by atoms with Crippen LogP contribution in [0.1, 0.15) is 39.2 Å². The Morgan fingerprint density at radius 1 is 1.33 bits per heavy atom. The van der Waals surface area contributed by atoms with E-state index in [4.69, 9.17) is 4.74 Å². The van der Waals surface area contributed by atoms with Crippen molar-refractivity contribution in [3.63, 3.8) is 0 Å². The largest absolute Gasteiger partial charge is 0.481 e. The van der Waals surface area contributed by atoms with Gasteiger partial charge in [-0.05, 0) is 39.3 Å². The Kier molecular flexibility index (Phi) is 4.57. The summed E-state index contributed by atoms with van der Waals surface area (Å²) in [5.74, 6) is -3.51. The fourth-order valence-electron chi connectivity index (χ4n) is 2.90. The van der Waals surface area contributed by atoms with Gasteiger partial charge in [0.25, 0.3) is 0 Å². The predicted molar refractivity (Wildman–Crippen MR) is 82.6 cm³/mol. The predicted octanol–water partition coefficient (Wildman–Crippen LogP) is 3.39. The highest BCUT2D eigenvalue weighted by Gasteiger charge is 2.52. The van der Waals surface area contributed by atoms with Gasteiger partial charge in [0, 0.05) is 25.1 Å². The molecule has 0 spiro atoms. The number of nitrogens with zero attached hydrogens (tertiary/aromatic N) is 1. The van der Waals surface area contributed by atoms with Crippen molar-refractivity contribution in [1.29, 1.82) is 0 Å². The van der Waals surface area contributed by atoms with Crippen LogP contribution in [-0.2, 0) is 9.53 Å². The molecule has 0 aromatic heterocycles. The second kappa shape index (κ2) is 6.03. The molecule has 1 aliphatic rings. The van der Waals surface area contributed by atoms with E-state index in [1.165, 1.54) is 17.9 Å². The van der Waals surface area contributed by atoms with Crippen LogP contribution in [-0.4, -0.2) is 40.8 Å². The maximum absolute atomic E-state index is 14.1. The van der Waals surface area contributed by atoms with Gasteiger partial charge in [-0.2, -0.15) is 0 Å². The van der Waals surface area contributed by atoms with Gasteiger partial charge in [-0.3, -0.25) is 4.79 Å². The summed E-state index contributed by atoms with van der Waals surface area (Å²) >= 11 is 0. The van der Waals surface area contributed by atoms with E-state index < -0.39 is 40.6 Å². The lowest BCUT2D eigenvalue weighted by Crippen LogP contribution is -2.38. The summed E-state index contributed by atoms with van der Waals surface area (Å²) in [5.41, 5.74) is -2.04. The molecule has 0 radical (unpaired) electrons. The van der Waals surface area contributed by atoms with E-state index in [2.05, 4.69) is 0 Å². The number of halogens is 2. The van der Waals surface area contributed by atoms with Crippen molar-refractivity contribution in [2.45, 2.75) is 39.2 Å². The van der Waals surface area contributed by atoms with Crippen molar-refractivity contribution in [2.24, 2.45) is 5.41 Å². The number of likely N-dealkylation sites (tertiary alicyclic amines) is 1. The number of hydrogen-bond acceptors (Lipinski definition) is 3. The molecule has 1 fully saturated rings. The smallest absolute Gasteiger partial charge is 0.410 e. The third kappa shape index (κ3) is 3.49. The fraction of sp³-hybridized carbons (Fsp3) is 0.529. The zero-order valence-electron chi connectivity index (χ0n) is 14.1. The normalized spacial score (nSPS) is 24.1. The van der Waals surface area contributed by atoms with Crippen molar-refractivity contribution in [2.75, 3.05) is 13.1 Å². The average molecular weight is 341 g/mol. The van der Waals surface area contributed by atoms with E-state index in [0.29, 0.717) is 6.07 Å². The summed E-state index contributed by atoms with van der Waals surface area (Å²) in [6.07, 6.45) is -0.653. The van der Waals surface area contributed by atoms with Crippen LogP contribution >= 0.6 is 0 Å². The van der Waals surface area contributed by atoms with Gasteiger partial charge in [0.1, 0.15) is 17.2 Å². The maximum Gasteiger partial charge on any atom is 0.410 e. The molecule has 1 amide bonds. The first-order valence-corrected chi connectivity index (χ1v) is 7.60. The van der Waals surface area contributed by atoms with Gasteiger partial charge >= 0.3 is 12.1 Å². The van der Waals surface area contributed by atoms with Gasteiger partial charge in [-0.1, -0.05) is 6.07 Å². The molecule has 1 N–H and O–H groups in total. The Bertz CT molecular complexity index is 671. The second-order valence-corrected chi connectivity index (χ2v) is 7.30. The van der Waals surface area contributed by atoms with Crippen molar-refractivity contribution in [1.82, 2.24) is 4.90 Å². The fourth-order valence-corrected chi connectivity index (χ4v) is 2.90. The molecule has 1 aromatic rings. The second-order valence-electron chi connectivity index (χ2n) is 7.30. The molecule has 24 heavy (non-hydrogen) atoms. The first-order chi connectivity index (χ1) is 10.9. The highest BCUT2D eigenvalue weighted by molar-refractivity contribution is 5.79. The van der Waals surface area contributed by atoms with Crippen LogP contribution in [0, 0.1) is 17.0 Å².